The first kappa shape index (κ1) is 14.5. The van der Waals surface area contributed by atoms with Gasteiger partial charge in [0.25, 0.3) is 5.91 Å². The van der Waals surface area contributed by atoms with Crippen LogP contribution in [0, 0.1) is 0 Å². The zero-order valence-electron chi connectivity index (χ0n) is 11.7. The van der Waals surface area contributed by atoms with Gasteiger partial charge in [0.15, 0.2) is 11.5 Å². The molecule has 0 radical (unpaired) electrons. The third-order valence-corrected chi connectivity index (χ3v) is 2.75. The Morgan fingerprint density at radius 3 is 2.62 bits per heavy atom. The lowest BCUT2D eigenvalue weighted by Gasteiger charge is -2.09. The van der Waals surface area contributed by atoms with E-state index in [9.17, 15) is 4.79 Å². The number of hydrogen-bond donors (Lipinski definition) is 1. The first-order valence-electron chi connectivity index (χ1n) is 6.20. The van der Waals surface area contributed by atoms with Crippen molar-refractivity contribution in [3.63, 3.8) is 0 Å². The van der Waals surface area contributed by atoms with Crippen LogP contribution in [0.1, 0.15) is 15.9 Å². The summed E-state index contributed by atoms with van der Waals surface area (Å²) in [5.41, 5.74) is 3.63. The topological polar surface area (TPSA) is 72.8 Å². The first-order valence-corrected chi connectivity index (χ1v) is 6.20. The Balaban J connectivity index is 2.10. The van der Waals surface area contributed by atoms with Crippen molar-refractivity contribution in [2.45, 2.75) is 0 Å². The number of pyridine rings is 1. The Bertz CT molecular complexity index is 642. The summed E-state index contributed by atoms with van der Waals surface area (Å²) in [6.07, 6.45) is 4.59. The highest BCUT2D eigenvalue weighted by molar-refractivity contribution is 5.95. The number of hydrazone groups is 1. The van der Waals surface area contributed by atoms with E-state index >= 15 is 0 Å². The average molecular weight is 285 g/mol. The fourth-order valence-corrected chi connectivity index (χ4v) is 1.74. The lowest BCUT2D eigenvalue weighted by atomic mass is 10.2. The van der Waals surface area contributed by atoms with Gasteiger partial charge in [-0.25, -0.2) is 5.43 Å². The minimum Gasteiger partial charge on any atom is -0.493 e. The molecule has 2 rings (SSSR count). The van der Waals surface area contributed by atoms with Crippen molar-refractivity contribution in [2.24, 2.45) is 5.10 Å². The van der Waals surface area contributed by atoms with Crippen LogP contribution in [0.5, 0.6) is 11.5 Å². The second kappa shape index (κ2) is 7.04. The number of hydrogen-bond acceptors (Lipinski definition) is 5. The minimum atomic E-state index is -0.310. The van der Waals surface area contributed by atoms with Crippen LogP contribution in [0.2, 0.25) is 0 Å². The quantitative estimate of drug-likeness (QED) is 0.672. The predicted molar refractivity (Wildman–Crippen MR) is 78.8 cm³/mol. The molecule has 2 aromatic rings. The maximum Gasteiger partial charge on any atom is 0.271 e. The van der Waals surface area contributed by atoms with Gasteiger partial charge in [-0.15, -0.1) is 0 Å². The molecule has 0 unspecified atom stereocenters. The number of amides is 1. The van der Waals surface area contributed by atoms with Gasteiger partial charge in [-0.05, 0) is 24.3 Å². The van der Waals surface area contributed by atoms with Crippen LogP contribution in [-0.2, 0) is 0 Å². The van der Waals surface area contributed by atoms with Gasteiger partial charge in [0, 0.05) is 23.5 Å². The Morgan fingerprint density at radius 1 is 1.19 bits per heavy atom. The number of rotatable bonds is 5. The summed E-state index contributed by atoms with van der Waals surface area (Å²) in [6.45, 7) is 0. The van der Waals surface area contributed by atoms with Crippen molar-refractivity contribution < 1.29 is 14.3 Å². The Kier molecular flexibility index (Phi) is 4.87. The number of carbonyl (C=O) groups is 1. The van der Waals surface area contributed by atoms with Gasteiger partial charge >= 0.3 is 0 Å². The first-order chi connectivity index (χ1) is 10.3. The van der Waals surface area contributed by atoms with E-state index in [0.29, 0.717) is 22.6 Å². The molecule has 1 heterocycles. The molecule has 1 N–H and O–H groups in total. The molecule has 0 saturated carbocycles. The molecule has 6 heteroatoms. The SMILES string of the molecule is COc1cccc(C=NNC(=O)c2ccncc2)c1OC. The summed E-state index contributed by atoms with van der Waals surface area (Å²) in [7, 11) is 3.11. The van der Waals surface area contributed by atoms with E-state index in [4.69, 9.17) is 9.47 Å². The third kappa shape index (κ3) is 3.56. The fraction of sp³-hybridized carbons (Fsp3) is 0.133. The summed E-state index contributed by atoms with van der Waals surface area (Å²) in [5.74, 6) is 0.847. The van der Waals surface area contributed by atoms with Gasteiger partial charge in [-0.1, -0.05) is 6.07 Å². The molecule has 0 atom stereocenters. The van der Waals surface area contributed by atoms with Crippen LogP contribution in [0.15, 0.2) is 47.8 Å². The third-order valence-electron chi connectivity index (χ3n) is 2.75. The molecule has 0 spiro atoms. The van der Waals surface area contributed by atoms with Crippen molar-refractivity contribution in [1.29, 1.82) is 0 Å². The summed E-state index contributed by atoms with van der Waals surface area (Å²) < 4.78 is 10.5. The molecule has 1 aromatic carbocycles. The molecule has 1 amide bonds. The molecule has 0 saturated heterocycles. The Hall–Kier alpha value is -2.89. The number of nitrogens with one attached hydrogen (secondary N) is 1. The molecule has 21 heavy (non-hydrogen) atoms. The number of ether oxygens (including phenoxy) is 2. The molecule has 1 aromatic heterocycles. The summed E-state index contributed by atoms with van der Waals surface area (Å²) in [6, 6.07) is 8.62. The highest BCUT2D eigenvalue weighted by Crippen LogP contribution is 2.29. The average Bonchev–Trinajstić information content (AvgIpc) is 2.55. The fourth-order valence-electron chi connectivity index (χ4n) is 1.74. The van der Waals surface area contributed by atoms with E-state index in [0.717, 1.165) is 0 Å². The number of carbonyl (C=O) groups excluding carboxylic acids is 1. The van der Waals surface area contributed by atoms with E-state index in [1.165, 1.54) is 6.21 Å². The van der Waals surface area contributed by atoms with Crippen molar-refractivity contribution in [3.8, 4) is 11.5 Å². The van der Waals surface area contributed by atoms with Crippen LogP contribution in [-0.4, -0.2) is 31.3 Å². The van der Waals surface area contributed by atoms with Crippen LogP contribution >= 0.6 is 0 Å². The van der Waals surface area contributed by atoms with Gasteiger partial charge in [-0.2, -0.15) is 5.10 Å². The molecule has 0 aliphatic heterocycles. The zero-order valence-corrected chi connectivity index (χ0v) is 11.7. The molecule has 108 valence electrons. The van der Waals surface area contributed by atoms with Crippen LogP contribution in [0.3, 0.4) is 0 Å². The second-order valence-electron chi connectivity index (χ2n) is 4.02. The molecule has 0 aliphatic carbocycles. The predicted octanol–water partition coefficient (Wildman–Crippen LogP) is 1.86. The van der Waals surface area contributed by atoms with Crippen LogP contribution in [0.4, 0.5) is 0 Å². The van der Waals surface area contributed by atoms with E-state index in [2.05, 4.69) is 15.5 Å². The molecular formula is C15H15N3O3. The highest BCUT2D eigenvalue weighted by atomic mass is 16.5. The van der Waals surface area contributed by atoms with Gasteiger partial charge in [0.05, 0.1) is 20.4 Å². The number of nitrogens with zero attached hydrogens (tertiary/aromatic N) is 2. The summed E-state index contributed by atoms with van der Waals surface area (Å²) in [4.78, 5) is 15.7. The molecule has 6 nitrogen and oxygen atoms in total. The van der Waals surface area contributed by atoms with Gasteiger partial charge in [0.1, 0.15) is 0 Å². The molecular weight excluding hydrogens is 270 g/mol. The Morgan fingerprint density at radius 2 is 1.95 bits per heavy atom. The van der Waals surface area contributed by atoms with Gasteiger partial charge in [-0.3, -0.25) is 9.78 Å². The van der Waals surface area contributed by atoms with Crippen molar-refractivity contribution in [2.75, 3.05) is 14.2 Å². The normalized spacial score (nSPS) is 10.4. The highest BCUT2D eigenvalue weighted by Gasteiger charge is 2.07. The number of aromatic nitrogens is 1. The minimum absolute atomic E-state index is 0.310. The zero-order chi connectivity index (χ0) is 15.1. The lowest BCUT2D eigenvalue weighted by Crippen LogP contribution is -2.17. The standard InChI is InChI=1S/C15H15N3O3/c1-20-13-5-3-4-12(14(13)21-2)10-17-18-15(19)11-6-8-16-9-7-11/h3-10H,1-2H3,(H,18,19). The largest absolute Gasteiger partial charge is 0.493 e. The van der Waals surface area contributed by atoms with Crippen molar-refractivity contribution in [1.82, 2.24) is 10.4 Å². The molecule has 0 fully saturated rings. The van der Waals surface area contributed by atoms with Crippen LogP contribution in [0.25, 0.3) is 0 Å². The number of methoxy groups -OCH3 is 2. The van der Waals surface area contributed by atoms with E-state index in [1.807, 2.05) is 12.1 Å². The van der Waals surface area contributed by atoms with E-state index in [-0.39, 0.29) is 5.91 Å². The molecule has 0 bridgehead atoms. The maximum atomic E-state index is 11.8. The lowest BCUT2D eigenvalue weighted by molar-refractivity contribution is 0.0955. The number of benzene rings is 1. The Labute approximate surface area is 122 Å². The smallest absolute Gasteiger partial charge is 0.271 e. The van der Waals surface area contributed by atoms with Crippen LogP contribution < -0.4 is 14.9 Å². The van der Waals surface area contributed by atoms with Crippen molar-refractivity contribution >= 4 is 12.1 Å². The van der Waals surface area contributed by atoms with Gasteiger partial charge < -0.3 is 9.47 Å². The summed E-state index contributed by atoms with van der Waals surface area (Å²) >= 11 is 0. The van der Waals surface area contributed by atoms with E-state index in [1.54, 1.807) is 44.8 Å². The maximum absolute atomic E-state index is 11.8. The second-order valence-corrected chi connectivity index (χ2v) is 4.02. The molecule has 0 aliphatic rings. The monoisotopic (exact) mass is 285 g/mol. The number of para-hydroxylation sites is 1. The van der Waals surface area contributed by atoms with Crippen molar-refractivity contribution in [3.05, 3.63) is 53.9 Å². The van der Waals surface area contributed by atoms with Gasteiger partial charge in [0.2, 0.25) is 0 Å². The summed E-state index contributed by atoms with van der Waals surface area (Å²) in [5, 5.41) is 3.92. The van der Waals surface area contributed by atoms with E-state index < -0.39 is 0 Å².